The highest BCUT2D eigenvalue weighted by atomic mass is 35.5. The number of carbonyl (C=O) groups excluding carboxylic acids is 1. The number of H-pyrrole nitrogens is 1. The number of rotatable bonds is 4. The molecule has 0 spiro atoms. The predicted molar refractivity (Wildman–Crippen MR) is 77.8 cm³/mol. The van der Waals surface area contributed by atoms with Gasteiger partial charge < -0.3 is 10.3 Å². The average molecular weight is 290 g/mol. The van der Waals surface area contributed by atoms with E-state index < -0.39 is 11.5 Å². The van der Waals surface area contributed by atoms with Gasteiger partial charge in [0, 0.05) is 24.0 Å². The lowest BCUT2D eigenvalue weighted by Crippen LogP contribution is -2.29. The van der Waals surface area contributed by atoms with E-state index in [4.69, 9.17) is 11.6 Å². The molecule has 0 aliphatic carbocycles. The Morgan fingerprint density at radius 1 is 1.45 bits per heavy atom. The van der Waals surface area contributed by atoms with E-state index in [0.29, 0.717) is 17.4 Å². The Kier molecular flexibility index (Phi) is 4.32. The number of aromatic nitrogens is 2. The van der Waals surface area contributed by atoms with Crippen molar-refractivity contribution in [3.05, 3.63) is 64.2 Å². The van der Waals surface area contributed by atoms with Gasteiger partial charge in [0.15, 0.2) is 0 Å². The molecule has 0 saturated heterocycles. The molecule has 0 aromatic carbocycles. The van der Waals surface area contributed by atoms with E-state index in [-0.39, 0.29) is 5.56 Å². The minimum Gasteiger partial charge on any atom is -0.348 e. The van der Waals surface area contributed by atoms with Crippen molar-refractivity contribution in [1.29, 1.82) is 0 Å². The van der Waals surface area contributed by atoms with Gasteiger partial charge >= 0.3 is 0 Å². The number of hydrogen-bond donors (Lipinski definition) is 2. The Labute approximate surface area is 120 Å². The highest BCUT2D eigenvalue weighted by Gasteiger charge is 2.10. The Morgan fingerprint density at radius 3 is 2.90 bits per heavy atom. The summed E-state index contributed by atoms with van der Waals surface area (Å²) in [6.07, 6.45) is 3.08. The van der Waals surface area contributed by atoms with Crippen molar-refractivity contribution in [2.24, 2.45) is 0 Å². The summed E-state index contributed by atoms with van der Waals surface area (Å²) in [6.45, 7) is 3.80. The highest BCUT2D eigenvalue weighted by Crippen LogP contribution is 2.18. The molecule has 0 aliphatic heterocycles. The number of halogens is 1. The first-order valence-electron chi connectivity index (χ1n) is 5.86. The monoisotopic (exact) mass is 289 g/mol. The smallest absolute Gasteiger partial charge is 0.261 e. The zero-order valence-electron chi connectivity index (χ0n) is 10.5. The fourth-order valence-electron chi connectivity index (χ4n) is 1.65. The van der Waals surface area contributed by atoms with Crippen LogP contribution in [-0.4, -0.2) is 22.4 Å². The third-order valence-corrected chi connectivity index (χ3v) is 2.81. The van der Waals surface area contributed by atoms with Crippen molar-refractivity contribution in [2.75, 3.05) is 6.54 Å². The van der Waals surface area contributed by atoms with Crippen molar-refractivity contribution in [2.45, 2.75) is 0 Å². The maximum absolute atomic E-state index is 11.9. The standard InChI is InChI=1S/C14H12ClN3O2/c1-2-6-17-13(19)10-3-4-11(18-14(10)20)9-5-7-16-12(15)8-9/h2-5,7-8H,1,6H2,(H,17,19)(H,18,20). The first kappa shape index (κ1) is 14.0. The normalized spacial score (nSPS) is 10.1. The molecule has 0 radical (unpaired) electrons. The van der Waals surface area contributed by atoms with Crippen molar-refractivity contribution in [3.8, 4) is 11.3 Å². The quantitative estimate of drug-likeness (QED) is 0.668. The lowest BCUT2D eigenvalue weighted by molar-refractivity contribution is 0.0956. The van der Waals surface area contributed by atoms with Crippen LogP contribution in [0.5, 0.6) is 0 Å². The molecule has 0 fully saturated rings. The minimum absolute atomic E-state index is 0.0516. The fraction of sp³-hybridized carbons (Fsp3) is 0.0714. The van der Waals surface area contributed by atoms with Crippen LogP contribution in [-0.2, 0) is 0 Å². The largest absolute Gasteiger partial charge is 0.348 e. The summed E-state index contributed by atoms with van der Waals surface area (Å²) in [5.41, 5.74) is 0.882. The van der Waals surface area contributed by atoms with Crippen LogP contribution in [0.3, 0.4) is 0 Å². The number of carbonyl (C=O) groups is 1. The zero-order valence-corrected chi connectivity index (χ0v) is 11.3. The van der Waals surface area contributed by atoms with E-state index in [1.165, 1.54) is 6.07 Å². The average Bonchev–Trinajstić information content (AvgIpc) is 2.44. The second-order valence-electron chi connectivity index (χ2n) is 3.98. The molecule has 6 heteroatoms. The van der Waals surface area contributed by atoms with E-state index >= 15 is 0 Å². The summed E-state index contributed by atoms with van der Waals surface area (Å²) in [5, 5.41) is 2.88. The lowest BCUT2D eigenvalue weighted by atomic mass is 10.1. The molecule has 1 amide bonds. The van der Waals surface area contributed by atoms with Crippen molar-refractivity contribution in [3.63, 3.8) is 0 Å². The molecule has 0 unspecified atom stereocenters. The van der Waals surface area contributed by atoms with Gasteiger partial charge in [-0.1, -0.05) is 17.7 Å². The Balaban J connectivity index is 2.33. The summed E-state index contributed by atoms with van der Waals surface area (Å²) < 4.78 is 0. The molecule has 0 bridgehead atoms. The summed E-state index contributed by atoms with van der Waals surface area (Å²) in [5.74, 6) is -0.439. The molecule has 20 heavy (non-hydrogen) atoms. The van der Waals surface area contributed by atoms with Crippen LogP contribution >= 0.6 is 11.6 Å². The van der Waals surface area contributed by atoms with E-state index in [1.54, 1.807) is 30.5 Å². The molecule has 2 N–H and O–H groups in total. The maximum atomic E-state index is 11.9. The van der Waals surface area contributed by atoms with Gasteiger partial charge in [-0.05, 0) is 24.3 Å². The SMILES string of the molecule is C=CCNC(=O)c1ccc(-c2ccnc(Cl)c2)[nH]c1=O. The van der Waals surface area contributed by atoms with Gasteiger partial charge in [0.1, 0.15) is 10.7 Å². The van der Waals surface area contributed by atoms with Crippen LogP contribution in [0.25, 0.3) is 11.3 Å². The van der Waals surface area contributed by atoms with Crippen molar-refractivity contribution in [1.82, 2.24) is 15.3 Å². The van der Waals surface area contributed by atoms with E-state index in [9.17, 15) is 9.59 Å². The number of nitrogens with zero attached hydrogens (tertiary/aromatic N) is 1. The van der Waals surface area contributed by atoms with Crippen LogP contribution in [0.15, 0.2) is 47.9 Å². The van der Waals surface area contributed by atoms with Gasteiger partial charge in [0.25, 0.3) is 11.5 Å². The van der Waals surface area contributed by atoms with Gasteiger partial charge in [-0.2, -0.15) is 0 Å². The maximum Gasteiger partial charge on any atom is 0.261 e. The molecule has 2 aromatic rings. The van der Waals surface area contributed by atoms with Crippen molar-refractivity contribution < 1.29 is 4.79 Å². The third kappa shape index (κ3) is 3.13. The summed E-state index contributed by atoms with van der Waals surface area (Å²) >= 11 is 5.80. The van der Waals surface area contributed by atoms with E-state index in [2.05, 4.69) is 21.9 Å². The van der Waals surface area contributed by atoms with Gasteiger partial charge in [0.2, 0.25) is 0 Å². The molecule has 102 valence electrons. The zero-order chi connectivity index (χ0) is 14.5. The van der Waals surface area contributed by atoms with Crippen molar-refractivity contribution >= 4 is 17.5 Å². The van der Waals surface area contributed by atoms with Crippen LogP contribution < -0.4 is 10.9 Å². The Bertz CT molecular complexity index is 710. The number of hydrogen-bond acceptors (Lipinski definition) is 3. The number of aromatic amines is 1. The van der Waals surface area contributed by atoms with Crippen LogP contribution in [0, 0.1) is 0 Å². The molecule has 0 saturated carbocycles. The molecular formula is C14H12ClN3O2. The first-order chi connectivity index (χ1) is 9.61. The number of pyridine rings is 2. The summed E-state index contributed by atoms with van der Waals surface area (Å²) in [6, 6.07) is 6.47. The molecule has 0 atom stereocenters. The minimum atomic E-state index is -0.461. The molecule has 2 heterocycles. The highest BCUT2D eigenvalue weighted by molar-refractivity contribution is 6.29. The first-order valence-corrected chi connectivity index (χ1v) is 6.24. The van der Waals surface area contributed by atoms with Crippen LogP contribution in [0.1, 0.15) is 10.4 Å². The Morgan fingerprint density at radius 2 is 2.25 bits per heavy atom. The number of nitrogens with one attached hydrogen (secondary N) is 2. The summed E-state index contributed by atoms with van der Waals surface area (Å²) in [4.78, 5) is 30.1. The second-order valence-corrected chi connectivity index (χ2v) is 4.37. The van der Waals surface area contributed by atoms with Crippen LogP contribution in [0.2, 0.25) is 5.15 Å². The Hall–Kier alpha value is -2.40. The molecule has 2 aromatic heterocycles. The van der Waals surface area contributed by atoms with E-state index in [0.717, 1.165) is 5.56 Å². The molecular weight excluding hydrogens is 278 g/mol. The number of amides is 1. The summed E-state index contributed by atoms with van der Waals surface area (Å²) in [7, 11) is 0. The third-order valence-electron chi connectivity index (χ3n) is 2.60. The van der Waals surface area contributed by atoms with Gasteiger partial charge in [-0.3, -0.25) is 9.59 Å². The molecule has 0 aliphatic rings. The fourth-order valence-corrected chi connectivity index (χ4v) is 1.82. The van der Waals surface area contributed by atoms with Gasteiger partial charge in [-0.25, -0.2) is 4.98 Å². The van der Waals surface area contributed by atoms with E-state index in [1.807, 2.05) is 0 Å². The lowest BCUT2D eigenvalue weighted by Gasteiger charge is -2.04. The van der Waals surface area contributed by atoms with Gasteiger partial charge in [-0.15, -0.1) is 6.58 Å². The van der Waals surface area contributed by atoms with Crippen LogP contribution in [0.4, 0.5) is 0 Å². The topological polar surface area (TPSA) is 74.8 Å². The van der Waals surface area contributed by atoms with Gasteiger partial charge in [0.05, 0.1) is 0 Å². The molecule has 2 rings (SSSR count). The second kappa shape index (κ2) is 6.16. The molecule has 5 nitrogen and oxygen atoms in total. The predicted octanol–water partition coefficient (Wildman–Crippen LogP) is 2.01.